The molecule has 4 heterocycles. The van der Waals surface area contributed by atoms with E-state index >= 15 is 0 Å². The molecule has 14 heteroatoms. The second-order valence-electron chi connectivity index (χ2n) is 14.0. The first kappa shape index (κ1) is 34.9. The number of ether oxygens (including phenoxy) is 5. The van der Waals surface area contributed by atoms with Crippen molar-refractivity contribution in [3.05, 3.63) is 24.3 Å². The molecular weight excluding hydrogens is 597 g/mol. The van der Waals surface area contributed by atoms with Crippen molar-refractivity contribution in [3.8, 4) is 5.75 Å². The largest absolute Gasteiger partial charge is 0.573 e. The summed E-state index contributed by atoms with van der Waals surface area (Å²) in [5.74, 6) is -0.254. The number of nitrogens with zero attached hydrogens (tertiary/aromatic N) is 3. The van der Waals surface area contributed by atoms with Crippen molar-refractivity contribution in [1.82, 2.24) is 15.1 Å². The van der Waals surface area contributed by atoms with E-state index in [9.17, 15) is 22.8 Å². The van der Waals surface area contributed by atoms with Crippen LogP contribution in [0.5, 0.6) is 5.75 Å². The van der Waals surface area contributed by atoms with Crippen molar-refractivity contribution >= 4 is 17.9 Å². The number of anilines is 1. The smallest absolute Gasteiger partial charge is 0.444 e. The van der Waals surface area contributed by atoms with E-state index in [2.05, 4.69) is 10.1 Å². The quantitative estimate of drug-likeness (QED) is 0.487. The van der Waals surface area contributed by atoms with Crippen LogP contribution >= 0.6 is 0 Å². The van der Waals surface area contributed by atoms with Crippen LogP contribution in [0.3, 0.4) is 0 Å². The van der Waals surface area contributed by atoms with Crippen LogP contribution in [-0.2, 0) is 18.9 Å². The van der Waals surface area contributed by atoms with Gasteiger partial charge in [-0.25, -0.2) is 9.59 Å². The zero-order valence-corrected chi connectivity index (χ0v) is 27.1. The fourth-order valence-corrected chi connectivity index (χ4v) is 5.80. The molecule has 2 unspecified atom stereocenters. The maximum absolute atomic E-state index is 12.4. The summed E-state index contributed by atoms with van der Waals surface area (Å²) in [5, 5.41) is 3.29. The molecule has 45 heavy (non-hydrogen) atoms. The zero-order chi connectivity index (χ0) is 33.1. The van der Waals surface area contributed by atoms with E-state index in [0.717, 1.165) is 25.2 Å². The zero-order valence-electron chi connectivity index (χ0n) is 27.1. The molecule has 0 aromatic heterocycles. The minimum atomic E-state index is -4.71. The summed E-state index contributed by atoms with van der Waals surface area (Å²) in [7, 11) is 0. The lowest BCUT2D eigenvalue weighted by Crippen LogP contribution is -2.55. The molecule has 0 radical (unpaired) electrons. The van der Waals surface area contributed by atoms with Gasteiger partial charge in [-0.3, -0.25) is 0 Å². The SMILES string of the molecule is CC(C)(C)OC(=O)N1CCOC2(CCN(c3ccc(OC(F)(F)F)cc3)C2)C1.CC(C)(C)OC(=O)N1CCOC2(CCNC2)C1. The normalized spacial score (nSPS) is 25.7. The molecule has 4 fully saturated rings. The summed E-state index contributed by atoms with van der Waals surface area (Å²) in [6.45, 7) is 17.3. The number of nitrogens with one attached hydrogen (secondary N) is 1. The van der Waals surface area contributed by atoms with Crippen molar-refractivity contribution in [2.75, 3.05) is 70.5 Å². The maximum Gasteiger partial charge on any atom is 0.573 e. The molecule has 2 atom stereocenters. The van der Waals surface area contributed by atoms with Gasteiger partial charge >= 0.3 is 18.5 Å². The Morgan fingerprint density at radius 1 is 0.778 bits per heavy atom. The fourth-order valence-electron chi connectivity index (χ4n) is 5.80. The van der Waals surface area contributed by atoms with E-state index in [4.69, 9.17) is 18.9 Å². The molecule has 254 valence electrons. The summed E-state index contributed by atoms with van der Waals surface area (Å²) < 4.78 is 63.5. The Morgan fingerprint density at radius 2 is 1.31 bits per heavy atom. The molecule has 4 aliphatic rings. The third kappa shape index (κ3) is 10.3. The number of carbonyl (C=O) groups is 2. The van der Waals surface area contributed by atoms with E-state index in [1.807, 2.05) is 46.4 Å². The van der Waals surface area contributed by atoms with Crippen molar-refractivity contribution < 1.29 is 46.4 Å². The Bertz CT molecular complexity index is 1160. The first-order valence-electron chi connectivity index (χ1n) is 15.4. The Hall–Kier alpha value is -2.97. The van der Waals surface area contributed by atoms with Crippen molar-refractivity contribution in [1.29, 1.82) is 0 Å². The molecule has 0 aliphatic carbocycles. The fraction of sp³-hybridized carbons (Fsp3) is 0.742. The predicted molar refractivity (Wildman–Crippen MR) is 160 cm³/mol. The highest BCUT2D eigenvalue weighted by atomic mass is 19.4. The van der Waals surface area contributed by atoms with Gasteiger partial charge in [0.2, 0.25) is 0 Å². The molecule has 1 aromatic carbocycles. The summed E-state index contributed by atoms with van der Waals surface area (Å²) >= 11 is 0. The van der Waals surface area contributed by atoms with Crippen LogP contribution in [0.2, 0.25) is 0 Å². The second-order valence-corrected chi connectivity index (χ2v) is 14.0. The van der Waals surface area contributed by atoms with Crippen LogP contribution in [-0.4, -0.2) is 116 Å². The first-order valence-corrected chi connectivity index (χ1v) is 15.4. The van der Waals surface area contributed by atoms with Gasteiger partial charge in [0, 0.05) is 38.4 Å². The lowest BCUT2D eigenvalue weighted by molar-refractivity contribution is -0.274. The lowest BCUT2D eigenvalue weighted by Gasteiger charge is -2.40. The van der Waals surface area contributed by atoms with Gasteiger partial charge in [0.15, 0.2) is 0 Å². The van der Waals surface area contributed by atoms with E-state index < -0.39 is 23.2 Å². The average Bonchev–Trinajstić information content (AvgIpc) is 3.54. The molecule has 4 saturated heterocycles. The summed E-state index contributed by atoms with van der Waals surface area (Å²) in [6.07, 6.45) is -3.62. The highest BCUT2D eigenvalue weighted by Crippen LogP contribution is 2.34. The van der Waals surface area contributed by atoms with Crippen LogP contribution in [0, 0.1) is 0 Å². The van der Waals surface area contributed by atoms with Crippen LogP contribution in [0.15, 0.2) is 24.3 Å². The van der Waals surface area contributed by atoms with Gasteiger partial charge in [-0.05, 0) is 85.2 Å². The molecule has 0 saturated carbocycles. The van der Waals surface area contributed by atoms with E-state index in [-0.39, 0.29) is 23.5 Å². The number of rotatable bonds is 2. The van der Waals surface area contributed by atoms with Crippen molar-refractivity contribution in [2.24, 2.45) is 0 Å². The average molecular weight is 645 g/mol. The number of hydrogen-bond donors (Lipinski definition) is 1. The van der Waals surface area contributed by atoms with Crippen molar-refractivity contribution in [2.45, 2.75) is 83.2 Å². The Labute approximate surface area is 263 Å². The number of hydrogen-bond acceptors (Lipinski definition) is 9. The number of benzene rings is 1. The summed E-state index contributed by atoms with van der Waals surface area (Å²) in [6, 6.07) is 5.77. The van der Waals surface area contributed by atoms with Gasteiger partial charge in [0.05, 0.1) is 31.9 Å². The van der Waals surface area contributed by atoms with Gasteiger partial charge in [-0.15, -0.1) is 13.2 Å². The standard InChI is InChI=1S/C19H25F3N2O4.C12H22N2O3/c1-17(2,3)28-16(25)24-10-11-26-18(13-24)8-9-23(12-18)14-4-6-15(7-5-14)27-19(20,21)22;1-11(2,3)17-10(15)14-6-7-16-12(9-14)4-5-13-8-12/h4-7H,8-13H2,1-3H3;13H,4-9H2,1-3H3. The number of halogens is 3. The molecule has 0 bridgehead atoms. The molecule has 1 N–H and O–H groups in total. The Morgan fingerprint density at radius 3 is 1.80 bits per heavy atom. The highest BCUT2D eigenvalue weighted by molar-refractivity contribution is 5.69. The molecule has 2 amide bonds. The van der Waals surface area contributed by atoms with E-state index in [1.165, 1.54) is 12.1 Å². The summed E-state index contributed by atoms with van der Waals surface area (Å²) in [4.78, 5) is 29.8. The lowest BCUT2D eigenvalue weighted by atomic mass is 10.0. The minimum Gasteiger partial charge on any atom is -0.444 e. The third-order valence-corrected chi connectivity index (χ3v) is 7.76. The van der Waals surface area contributed by atoms with Gasteiger partial charge < -0.3 is 43.7 Å². The molecule has 2 spiro atoms. The van der Waals surface area contributed by atoms with Gasteiger partial charge in [-0.2, -0.15) is 0 Å². The van der Waals surface area contributed by atoms with Crippen LogP contribution < -0.4 is 15.0 Å². The van der Waals surface area contributed by atoms with Crippen LogP contribution in [0.25, 0.3) is 0 Å². The van der Waals surface area contributed by atoms with Gasteiger partial charge in [-0.1, -0.05) is 0 Å². The monoisotopic (exact) mass is 644 g/mol. The number of alkyl halides is 3. The number of amides is 2. The molecule has 4 aliphatic heterocycles. The molecule has 11 nitrogen and oxygen atoms in total. The number of carbonyl (C=O) groups excluding carboxylic acids is 2. The van der Waals surface area contributed by atoms with Crippen molar-refractivity contribution in [3.63, 3.8) is 0 Å². The number of morpholine rings is 2. The Kier molecular flexibility index (Phi) is 10.4. The molecule has 1 aromatic rings. The minimum absolute atomic E-state index is 0.185. The molecular formula is C31H47F3N4O7. The first-order chi connectivity index (χ1) is 20.9. The molecule has 5 rings (SSSR count). The van der Waals surface area contributed by atoms with E-state index in [0.29, 0.717) is 58.9 Å². The topological polar surface area (TPSA) is 102 Å². The van der Waals surface area contributed by atoms with E-state index in [1.54, 1.807) is 21.9 Å². The van der Waals surface area contributed by atoms with Crippen LogP contribution in [0.4, 0.5) is 28.4 Å². The van der Waals surface area contributed by atoms with Crippen LogP contribution in [0.1, 0.15) is 54.4 Å². The predicted octanol–water partition coefficient (Wildman–Crippen LogP) is 4.79. The third-order valence-electron chi connectivity index (χ3n) is 7.76. The Balaban J connectivity index is 0.000000231. The summed E-state index contributed by atoms with van der Waals surface area (Å²) in [5.41, 5.74) is -0.906. The van der Waals surface area contributed by atoms with Gasteiger partial charge in [0.1, 0.15) is 22.6 Å². The second kappa shape index (κ2) is 13.4. The maximum atomic E-state index is 12.4. The highest BCUT2D eigenvalue weighted by Gasteiger charge is 2.45. The van der Waals surface area contributed by atoms with Gasteiger partial charge in [0.25, 0.3) is 0 Å².